The average Bonchev–Trinajstić information content (AvgIpc) is 3.05. The van der Waals surface area contributed by atoms with Crippen LogP contribution in [0.2, 0.25) is 0 Å². The molecule has 2 aromatic rings. The zero-order valence-corrected chi connectivity index (χ0v) is 16.1. The number of carbonyl (C=O) groups is 2. The van der Waals surface area contributed by atoms with Crippen LogP contribution in [0.15, 0.2) is 58.1 Å². The van der Waals surface area contributed by atoms with E-state index in [-0.39, 0.29) is 18.2 Å². The van der Waals surface area contributed by atoms with Crippen LogP contribution in [0.25, 0.3) is 0 Å². The fraction of sp³-hybridized carbons (Fsp3) is 0.250. The van der Waals surface area contributed by atoms with Crippen molar-refractivity contribution in [3.63, 3.8) is 0 Å². The zero-order chi connectivity index (χ0) is 18.5. The molecule has 1 aliphatic rings. The van der Waals surface area contributed by atoms with Crippen molar-refractivity contribution in [1.29, 1.82) is 0 Å². The number of hydrogen-bond donors (Lipinski definition) is 1. The minimum Gasteiger partial charge on any atom is -0.312 e. The number of benzene rings is 2. The minimum absolute atomic E-state index is 0.0494. The molecule has 1 atom stereocenters. The van der Waals surface area contributed by atoms with Crippen LogP contribution in [0.4, 0.5) is 5.69 Å². The van der Waals surface area contributed by atoms with Crippen molar-refractivity contribution in [2.45, 2.75) is 19.8 Å². The van der Waals surface area contributed by atoms with Gasteiger partial charge in [-0.2, -0.15) is 5.10 Å². The van der Waals surface area contributed by atoms with Crippen molar-refractivity contribution < 1.29 is 9.59 Å². The SMILES string of the molecule is CCc1ccc(/C=N\NC(=O)[C@@H]2CC(=O)N(c3ccc(Br)cc3)C2)cc1. The van der Waals surface area contributed by atoms with E-state index >= 15 is 0 Å². The van der Waals surface area contributed by atoms with Gasteiger partial charge in [-0.3, -0.25) is 9.59 Å². The first-order valence-corrected chi connectivity index (χ1v) is 9.34. The van der Waals surface area contributed by atoms with E-state index in [0.717, 1.165) is 22.1 Å². The molecule has 1 N–H and O–H groups in total. The zero-order valence-electron chi connectivity index (χ0n) is 14.5. The third-order valence-corrected chi connectivity index (χ3v) is 4.94. The van der Waals surface area contributed by atoms with E-state index < -0.39 is 5.92 Å². The van der Waals surface area contributed by atoms with Gasteiger partial charge in [-0.1, -0.05) is 47.1 Å². The molecule has 1 heterocycles. The summed E-state index contributed by atoms with van der Waals surface area (Å²) in [6, 6.07) is 15.5. The van der Waals surface area contributed by atoms with Gasteiger partial charge in [0, 0.05) is 23.1 Å². The first-order chi connectivity index (χ1) is 12.6. The van der Waals surface area contributed by atoms with Crippen LogP contribution in [0.3, 0.4) is 0 Å². The van der Waals surface area contributed by atoms with Gasteiger partial charge in [0.2, 0.25) is 11.8 Å². The molecule has 1 fully saturated rings. The number of carbonyl (C=O) groups excluding carboxylic acids is 2. The summed E-state index contributed by atoms with van der Waals surface area (Å²) in [5.41, 5.74) is 5.52. The van der Waals surface area contributed by atoms with Gasteiger partial charge in [0.1, 0.15) is 0 Å². The normalized spacial score (nSPS) is 17.1. The van der Waals surface area contributed by atoms with Gasteiger partial charge in [0.05, 0.1) is 12.1 Å². The standard InChI is InChI=1S/C20H20BrN3O2/c1-2-14-3-5-15(6-4-14)12-22-23-20(26)16-11-19(25)24(13-16)18-9-7-17(21)8-10-18/h3-10,12,16H,2,11,13H2,1H3,(H,23,26)/b22-12-/t16-/m1/s1. The first-order valence-electron chi connectivity index (χ1n) is 8.54. The summed E-state index contributed by atoms with van der Waals surface area (Å²) < 4.78 is 0.948. The molecule has 0 radical (unpaired) electrons. The van der Waals surface area contributed by atoms with Crippen molar-refractivity contribution in [3.05, 3.63) is 64.1 Å². The van der Waals surface area contributed by atoms with E-state index in [0.29, 0.717) is 6.54 Å². The second-order valence-corrected chi connectivity index (χ2v) is 7.13. The number of hydrazone groups is 1. The van der Waals surface area contributed by atoms with Gasteiger partial charge in [-0.25, -0.2) is 5.43 Å². The van der Waals surface area contributed by atoms with E-state index in [4.69, 9.17) is 0 Å². The Morgan fingerprint density at radius 2 is 1.92 bits per heavy atom. The lowest BCUT2D eigenvalue weighted by Crippen LogP contribution is -2.30. The molecule has 0 aliphatic carbocycles. The summed E-state index contributed by atoms with van der Waals surface area (Å²) in [5.74, 6) is -0.684. The highest BCUT2D eigenvalue weighted by Gasteiger charge is 2.35. The minimum atomic E-state index is -0.397. The summed E-state index contributed by atoms with van der Waals surface area (Å²) >= 11 is 3.38. The Morgan fingerprint density at radius 1 is 1.23 bits per heavy atom. The molecule has 6 heteroatoms. The van der Waals surface area contributed by atoms with Crippen LogP contribution >= 0.6 is 15.9 Å². The molecule has 0 unspecified atom stereocenters. The van der Waals surface area contributed by atoms with Gasteiger partial charge < -0.3 is 4.90 Å². The summed E-state index contributed by atoms with van der Waals surface area (Å²) in [6.07, 6.45) is 2.79. The Morgan fingerprint density at radius 3 is 2.58 bits per heavy atom. The largest absolute Gasteiger partial charge is 0.312 e. The average molecular weight is 414 g/mol. The van der Waals surface area contributed by atoms with E-state index in [2.05, 4.69) is 33.4 Å². The number of anilines is 1. The van der Waals surface area contributed by atoms with E-state index in [1.165, 1.54) is 5.56 Å². The van der Waals surface area contributed by atoms with Crippen molar-refractivity contribution in [3.8, 4) is 0 Å². The predicted octanol–water partition coefficient (Wildman–Crippen LogP) is 3.51. The smallest absolute Gasteiger partial charge is 0.245 e. The fourth-order valence-electron chi connectivity index (χ4n) is 2.85. The lowest BCUT2D eigenvalue weighted by atomic mass is 10.1. The number of nitrogens with one attached hydrogen (secondary N) is 1. The molecule has 2 amide bonds. The van der Waals surface area contributed by atoms with Crippen LogP contribution in [0.1, 0.15) is 24.5 Å². The van der Waals surface area contributed by atoms with Gasteiger partial charge >= 0.3 is 0 Å². The monoisotopic (exact) mass is 413 g/mol. The second-order valence-electron chi connectivity index (χ2n) is 6.21. The van der Waals surface area contributed by atoms with Gasteiger partial charge in [-0.15, -0.1) is 0 Å². The summed E-state index contributed by atoms with van der Waals surface area (Å²) in [4.78, 5) is 26.2. The molecule has 1 saturated heterocycles. The number of nitrogens with zero attached hydrogens (tertiary/aromatic N) is 2. The molecular formula is C20H20BrN3O2. The molecule has 1 aliphatic heterocycles. The summed E-state index contributed by atoms with van der Waals surface area (Å²) in [5, 5.41) is 4.02. The van der Waals surface area contributed by atoms with Crippen molar-refractivity contribution in [1.82, 2.24) is 5.43 Å². The first kappa shape index (κ1) is 18.3. The fourth-order valence-corrected chi connectivity index (χ4v) is 3.12. The molecular weight excluding hydrogens is 394 g/mol. The van der Waals surface area contributed by atoms with Crippen molar-refractivity contribution >= 4 is 39.6 Å². The maximum Gasteiger partial charge on any atom is 0.245 e. The highest BCUT2D eigenvalue weighted by Crippen LogP contribution is 2.26. The second kappa shape index (κ2) is 8.27. The molecule has 0 bridgehead atoms. The Balaban J connectivity index is 1.57. The lowest BCUT2D eigenvalue weighted by molar-refractivity contribution is -0.126. The summed E-state index contributed by atoms with van der Waals surface area (Å²) in [7, 11) is 0. The Bertz CT molecular complexity index is 816. The number of rotatable bonds is 5. The third-order valence-electron chi connectivity index (χ3n) is 4.41. The third kappa shape index (κ3) is 4.38. The Kier molecular flexibility index (Phi) is 5.83. The molecule has 0 saturated carbocycles. The number of aryl methyl sites for hydroxylation is 1. The van der Waals surface area contributed by atoms with E-state index in [9.17, 15) is 9.59 Å². The quantitative estimate of drug-likeness (QED) is 0.601. The van der Waals surface area contributed by atoms with Gasteiger partial charge in [0.25, 0.3) is 0 Å². The molecule has 5 nitrogen and oxygen atoms in total. The number of hydrogen-bond acceptors (Lipinski definition) is 3. The van der Waals surface area contributed by atoms with E-state index in [1.807, 2.05) is 48.5 Å². The molecule has 0 spiro atoms. The highest BCUT2D eigenvalue weighted by atomic mass is 79.9. The van der Waals surface area contributed by atoms with Crippen LogP contribution in [-0.4, -0.2) is 24.6 Å². The Labute approximate surface area is 161 Å². The highest BCUT2D eigenvalue weighted by molar-refractivity contribution is 9.10. The van der Waals surface area contributed by atoms with Crippen LogP contribution in [0, 0.1) is 5.92 Å². The van der Waals surface area contributed by atoms with Gasteiger partial charge in [0.15, 0.2) is 0 Å². The summed E-state index contributed by atoms with van der Waals surface area (Å²) in [6.45, 7) is 2.47. The molecule has 134 valence electrons. The lowest BCUT2D eigenvalue weighted by Gasteiger charge is -2.16. The van der Waals surface area contributed by atoms with Crippen LogP contribution < -0.4 is 10.3 Å². The maximum atomic E-state index is 12.3. The number of halogens is 1. The Hall–Kier alpha value is -2.47. The maximum absolute atomic E-state index is 12.3. The van der Waals surface area contributed by atoms with Crippen LogP contribution in [-0.2, 0) is 16.0 Å². The van der Waals surface area contributed by atoms with Gasteiger partial charge in [-0.05, 0) is 41.8 Å². The predicted molar refractivity (Wildman–Crippen MR) is 106 cm³/mol. The molecule has 26 heavy (non-hydrogen) atoms. The van der Waals surface area contributed by atoms with Crippen molar-refractivity contribution in [2.75, 3.05) is 11.4 Å². The van der Waals surface area contributed by atoms with Crippen molar-refractivity contribution in [2.24, 2.45) is 11.0 Å². The topological polar surface area (TPSA) is 61.8 Å². The number of amides is 2. The van der Waals surface area contributed by atoms with E-state index in [1.54, 1.807) is 11.1 Å². The molecule has 2 aromatic carbocycles. The van der Waals surface area contributed by atoms with Crippen LogP contribution in [0.5, 0.6) is 0 Å². The molecule has 3 rings (SSSR count). The molecule has 0 aromatic heterocycles.